The third kappa shape index (κ3) is 5.00. The molecule has 0 aliphatic rings. The first-order chi connectivity index (χ1) is 13.4. The maximum atomic E-state index is 12.0. The third-order valence-corrected chi connectivity index (χ3v) is 4.50. The first-order valence-electron chi connectivity index (χ1n) is 9.40. The standard InChI is InChI=1S/C23H24O5/c1-15(2)17-6-8-18(9-7-17)26-12-4-5-22(24)27-19-10-11-20-16(3)13-23(25)28-21(20)14-19/h6-11,13-15H,4-5,12H2,1-3H3. The molecule has 5 heteroatoms. The minimum absolute atomic E-state index is 0.236. The van der Waals surface area contributed by atoms with Gasteiger partial charge in [0.15, 0.2) is 0 Å². The molecule has 0 bridgehead atoms. The molecule has 3 aromatic rings. The van der Waals surface area contributed by atoms with Crippen LogP contribution in [0.25, 0.3) is 11.0 Å². The van der Waals surface area contributed by atoms with Crippen LogP contribution in [0.4, 0.5) is 0 Å². The van der Waals surface area contributed by atoms with Crippen LogP contribution in [0, 0.1) is 6.92 Å². The van der Waals surface area contributed by atoms with Gasteiger partial charge >= 0.3 is 11.6 Å². The molecule has 28 heavy (non-hydrogen) atoms. The number of aryl methyl sites for hydroxylation is 1. The van der Waals surface area contributed by atoms with E-state index in [9.17, 15) is 9.59 Å². The van der Waals surface area contributed by atoms with Crippen molar-refractivity contribution in [1.82, 2.24) is 0 Å². The van der Waals surface area contributed by atoms with Gasteiger partial charge in [-0.2, -0.15) is 0 Å². The SMILES string of the molecule is Cc1cc(=O)oc2cc(OC(=O)CCCOc3ccc(C(C)C)cc3)ccc12. The first kappa shape index (κ1) is 19.7. The Balaban J connectivity index is 1.49. The second-order valence-electron chi connectivity index (χ2n) is 7.06. The molecule has 0 aliphatic carbocycles. The van der Waals surface area contributed by atoms with Crippen molar-refractivity contribution >= 4 is 16.9 Å². The highest BCUT2D eigenvalue weighted by molar-refractivity contribution is 5.82. The van der Waals surface area contributed by atoms with E-state index in [1.54, 1.807) is 18.2 Å². The van der Waals surface area contributed by atoms with Crippen molar-refractivity contribution in [1.29, 1.82) is 0 Å². The highest BCUT2D eigenvalue weighted by Gasteiger charge is 2.09. The molecule has 146 valence electrons. The second kappa shape index (κ2) is 8.74. The average Bonchev–Trinajstić information content (AvgIpc) is 2.65. The van der Waals surface area contributed by atoms with Gasteiger partial charge in [0.05, 0.1) is 6.61 Å². The normalized spacial score (nSPS) is 11.0. The van der Waals surface area contributed by atoms with Gasteiger partial charge in [-0.15, -0.1) is 0 Å². The molecule has 2 aromatic carbocycles. The summed E-state index contributed by atoms with van der Waals surface area (Å²) in [6.07, 6.45) is 0.784. The number of carbonyl (C=O) groups excluding carboxylic acids is 1. The Morgan fingerprint density at radius 2 is 1.75 bits per heavy atom. The lowest BCUT2D eigenvalue weighted by atomic mass is 10.0. The van der Waals surface area contributed by atoms with Crippen molar-refractivity contribution in [3.63, 3.8) is 0 Å². The summed E-state index contributed by atoms with van der Waals surface area (Å²) in [5.74, 6) is 1.28. The molecule has 0 N–H and O–H groups in total. The molecule has 5 nitrogen and oxygen atoms in total. The van der Waals surface area contributed by atoms with Crippen LogP contribution >= 0.6 is 0 Å². The van der Waals surface area contributed by atoms with Crippen LogP contribution in [-0.4, -0.2) is 12.6 Å². The van der Waals surface area contributed by atoms with Crippen LogP contribution in [0.5, 0.6) is 11.5 Å². The van der Waals surface area contributed by atoms with E-state index in [1.807, 2.05) is 31.2 Å². The van der Waals surface area contributed by atoms with Gasteiger partial charge in [-0.05, 0) is 54.7 Å². The van der Waals surface area contributed by atoms with E-state index in [4.69, 9.17) is 13.9 Å². The van der Waals surface area contributed by atoms with Crippen LogP contribution in [0.1, 0.15) is 43.7 Å². The summed E-state index contributed by atoms with van der Waals surface area (Å²) in [5.41, 5.74) is 2.07. The van der Waals surface area contributed by atoms with Crippen LogP contribution in [0.2, 0.25) is 0 Å². The summed E-state index contributed by atoms with van der Waals surface area (Å²) in [7, 11) is 0. The number of benzene rings is 2. The van der Waals surface area contributed by atoms with E-state index >= 15 is 0 Å². The van der Waals surface area contributed by atoms with Gasteiger partial charge in [0.1, 0.15) is 17.1 Å². The van der Waals surface area contributed by atoms with Crippen LogP contribution in [0.3, 0.4) is 0 Å². The molecule has 0 unspecified atom stereocenters. The predicted molar refractivity (Wildman–Crippen MR) is 108 cm³/mol. The fourth-order valence-electron chi connectivity index (χ4n) is 2.91. The van der Waals surface area contributed by atoms with Crippen molar-refractivity contribution in [2.45, 2.75) is 39.5 Å². The van der Waals surface area contributed by atoms with E-state index in [0.29, 0.717) is 30.3 Å². The summed E-state index contributed by atoms with van der Waals surface area (Å²) in [4.78, 5) is 23.5. The van der Waals surface area contributed by atoms with E-state index in [1.165, 1.54) is 11.6 Å². The summed E-state index contributed by atoms with van der Waals surface area (Å²) >= 11 is 0. The molecule has 1 aromatic heterocycles. The van der Waals surface area contributed by atoms with Gasteiger partial charge < -0.3 is 13.9 Å². The smallest absolute Gasteiger partial charge is 0.336 e. The fraction of sp³-hybridized carbons (Fsp3) is 0.304. The van der Waals surface area contributed by atoms with Gasteiger partial charge in [0, 0.05) is 23.9 Å². The molecule has 0 fully saturated rings. The van der Waals surface area contributed by atoms with Gasteiger partial charge in [0.2, 0.25) is 0 Å². The Labute approximate surface area is 163 Å². The molecule has 1 heterocycles. The summed E-state index contributed by atoms with van der Waals surface area (Å²) in [5, 5.41) is 0.816. The maximum Gasteiger partial charge on any atom is 0.336 e. The van der Waals surface area contributed by atoms with Crippen molar-refractivity contribution in [2.75, 3.05) is 6.61 Å². The van der Waals surface area contributed by atoms with Gasteiger partial charge in [0.25, 0.3) is 0 Å². The summed E-state index contributed by atoms with van der Waals surface area (Å²) in [6.45, 7) is 6.56. The van der Waals surface area contributed by atoms with Crippen molar-refractivity contribution in [2.24, 2.45) is 0 Å². The fourth-order valence-corrected chi connectivity index (χ4v) is 2.91. The molecule has 3 rings (SSSR count). The minimum atomic E-state index is -0.424. The Bertz CT molecular complexity index is 1020. The van der Waals surface area contributed by atoms with Gasteiger partial charge in [-0.3, -0.25) is 4.79 Å². The number of fused-ring (bicyclic) bond motifs is 1. The first-order valence-corrected chi connectivity index (χ1v) is 9.40. The lowest BCUT2D eigenvalue weighted by Gasteiger charge is -2.09. The average molecular weight is 380 g/mol. The molecular weight excluding hydrogens is 356 g/mol. The summed E-state index contributed by atoms with van der Waals surface area (Å²) < 4.78 is 16.2. The number of hydrogen-bond donors (Lipinski definition) is 0. The number of esters is 1. The van der Waals surface area contributed by atoms with E-state index in [-0.39, 0.29) is 12.4 Å². The molecule has 0 saturated carbocycles. The zero-order valence-corrected chi connectivity index (χ0v) is 16.4. The molecule has 0 saturated heterocycles. The third-order valence-electron chi connectivity index (χ3n) is 4.50. The molecule has 0 amide bonds. The van der Waals surface area contributed by atoms with E-state index < -0.39 is 5.63 Å². The highest BCUT2D eigenvalue weighted by atomic mass is 16.5. The van der Waals surface area contributed by atoms with Crippen molar-refractivity contribution < 1.29 is 18.7 Å². The summed E-state index contributed by atoms with van der Waals surface area (Å²) in [6, 6.07) is 14.5. The lowest BCUT2D eigenvalue weighted by molar-refractivity contribution is -0.134. The number of hydrogen-bond acceptors (Lipinski definition) is 5. The van der Waals surface area contributed by atoms with Crippen LogP contribution in [0.15, 0.2) is 57.7 Å². The Kier molecular flexibility index (Phi) is 6.14. The van der Waals surface area contributed by atoms with Gasteiger partial charge in [-0.1, -0.05) is 26.0 Å². The minimum Gasteiger partial charge on any atom is -0.494 e. The quantitative estimate of drug-likeness (QED) is 0.250. The Morgan fingerprint density at radius 1 is 1.04 bits per heavy atom. The van der Waals surface area contributed by atoms with E-state index in [0.717, 1.165) is 16.7 Å². The lowest BCUT2D eigenvalue weighted by Crippen LogP contribution is -2.10. The molecular formula is C23H24O5. The zero-order valence-electron chi connectivity index (χ0n) is 16.4. The van der Waals surface area contributed by atoms with E-state index in [2.05, 4.69) is 13.8 Å². The molecule has 0 atom stereocenters. The highest BCUT2D eigenvalue weighted by Crippen LogP contribution is 2.23. The molecule has 0 spiro atoms. The zero-order chi connectivity index (χ0) is 20.1. The monoisotopic (exact) mass is 380 g/mol. The Hall–Kier alpha value is -3.08. The topological polar surface area (TPSA) is 65.7 Å². The number of rotatable bonds is 7. The second-order valence-corrected chi connectivity index (χ2v) is 7.06. The largest absolute Gasteiger partial charge is 0.494 e. The van der Waals surface area contributed by atoms with Crippen LogP contribution in [-0.2, 0) is 4.79 Å². The van der Waals surface area contributed by atoms with Gasteiger partial charge in [-0.25, -0.2) is 4.79 Å². The van der Waals surface area contributed by atoms with Crippen molar-refractivity contribution in [3.05, 3.63) is 70.1 Å². The number of carbonyl (C=O) groups is 1. The molecule has 0 aliphatic heterocycles. The van der Waals surface area contributed by atoms with Crippen molar-refractivity contribution in [3.8, 4) is 11.5 Å². The Morgan fingerprint density at radius 3 is 2.46 bits per heavy atom. The maximum absolute atomic E-state index is 12.0. The van der Waals surface area contributed by atoms with Crippen LogP contribution < -0.4 is 15.1 Å². The molecule has 0 radical (unpaired) electrons. The number of ether oxygens (including phenoxy) is 2. The predicted octanol–water partition coefficient (Wildman–Crippen LogP) is 4.99.